The van der Waals surface area contributed by atoms with E-state index in [4.69, 9.17) is 0 Å². The average Bonchev–Trinajstić information content (AvgIpc) is 2.64. The largest absolute Gasteiger partial charge is 0.371 e. The molecular weight excluding hydrogens is 272 g/mol. The van der Waals surface area contributed by atoms with Crippen LogP contribution in [-0.4, -0.2) is 18.0 Å². The molecular formula is C11H13BrN2O2. The van der Waals surface area contributed by atoms with Crippen molar-refractivity contribution < 1.29 is 4.92 Å². The number of benzene rings is 1. The van der Waals surface area contributed by atoms with Crippen LogP contribution < -0.4 is 4.90 Å². The number of nitro groups is 1. The third kappa shape index (κ3) is 2.19. The molecule has 0 spiro atoms. The molecule has 0 aliphatic carbocycles. The summed E-state index contributed by atoms with van der Waals surface area (Å²) < 4.78 is 0.551. The molecule has 5 heteroatoms. The van der Waals surface area contributed by atoms with E-state index in [9.17, 15) is 10.1 Å². The first-order chi connectivity index (χ1) is 7.58. The molecule has 1 atom stereocenters. The molecule has 0 aromatic heterocycles. The fourth-order valence-corrected chi connectivity index (χ4v) is 2.52. The Morgan fingerprint density at radius 1 is 1.56 bits per heavy atom. The molecule has 1 heterocycles. The fraction of sp³-hybridized carbons (Fsp3) is 0.455. The number of nitrogens with zero attached hydrogens (tertiary/aromatic N) is 2. The quantitative estimate of drug-likeness (QED) is 0.619. The third-order valence-electron chi connectivity index (χ3n) is 2.92. The van der Waals surface area contributed by atoms with Crippen LogP contribution in [0.2, 0.25) is 0 Å². The van der Waals surface area contributed by atoms with Crippen molar-refractivity contribution in [3.8, 4) is 0 Å². The van der Waals surface area contributed by atoms with Crippen molar-refractivity contribution in [1.29, 1.82) is 0 Å². The molecule has 0 unspecified atom stereocenters. The van der Waals surface area contributed by atoms with Crippen molar-refractivity contribution in [3.63, 3.8) is 0 Å². The van der Waals surface area contributed by atoms with Crippen LogP contribution in [0.3, 0.4) is 0 Å². The summed E-state index contributed by atoms with van der Waals surface area (Å²) in [6, 6.07) is 5.21. The summed E-state index contributed by atoms with van der Waals surface area (Å²) in [5.74, 6) is 0.703. The summed E-state index contributed by atoms with van der Waals surface area (Å²) in [6.07, 6.45) is 1.19. The van der Waals surface area contributed by atoms with Gasteiger partial charge in [-0.1, -0.05) is 6.92 Å². The van der Waals surface area contributed by atoms with Crippen molar-refractivity contribution in [2.75, 3.05) is 18.0 Å². The smallest absolute Gasteiger partial charge is 0.283 e. The SMILES string of the molecule is C[C@H]1CCN(c2ccc([N+](=O)[O-])c(Br)c2)C1. The highest BCUT2D eigenvalue weighted by molar-refractivity contribution is 9.10. The Morgan fingerprint density at radius 2 is 2.31 bits per heavy atom. The van der Waals surface area contributed by atoms with Crippen molar-refractivity contribution >= 4 is 27.3 Å². The normalized spacial score (nSPS) is 20.1. The van der Waals surface area contributed by atoms with Crippen molar-refractivity contribution in [3.05, 3.63) is 32.8 Å². The minimum atomic E-state index is -0.375. The monoisotopic (exact) mass is 284 g/mol. The van der Waals surface area contributed by atoms with E-state index in [-0.39, 0.29) is 10.6 Å². The van der Waals surface area contributed by atoms with Gasteiger partial charge in [-0.15, -0.1) is 0 Å². The molecule has 1 aromatic rings. The van der Waals surface area contributed by atoms with E-state index >= 15 is 0 Å². The second-order valence-electron chi connectivity index (χ2n) is 4.23. The Bertz CT molecular complexity index is 422. The van der Waals surface area contributed by atoms with Crippen molar-refractivity contribution in [2.45, 2.75) is 13.3 Å². The molecule has 2 rings (SSSR count). The minimum Gasteiger partial charge on any atom is -0.371 e. The Morgan fingerprint density at radius 3 is 2.81 bits per heavy atom. The highest BCUT2D eigenvalue weighted by Gasteiger charge is 2.20. The van der Waals surface area contributed by atoms with Gasteiger partial charge in [0.15, 0.2) is 0 Å². The van der Waals surface area contributed by atoms with Crippen molar-refractivity contribution in [2.24, 2.45) is 5.92 Å². The van der Waals surface area contributed by atoms with Crippen LogP contribution in [0, 0.1) is 16.0 Å². The lowest BCUT2D eigenvalue weighted by molar-refractivity contribution is -0.385. The highest BCUT2D eigenvalue weighted by Crippen LogP contribution is 2.31. The van der Waals surface area contributed by atoms with E-state index in [2.05, 4.69) is 27.8 Å². The molecule has 1 aliphatic rings. The van der Waals surface area contributed by atoms with Gasteiger partial charge >= 0.3 is 0 Å². The van der Waals surface area contributed by atoms with Crippen LogP contribution in [0.25, 0.3) is 0 Å². The van der Waals surface area contributed by atoms with Crippen molar-refractivity contribution in [1.82, 2.24) is 0 Å². The zero-order chi connectivity index (χ0) is 11.7. The average molecular weight is 285 g/mol. The molecule has 1 aliphatic heterocycles. The van der Waals surface area contributed by atoms with E-state index in [1.54, 1.807) is 6.07 Å². The maximum absolute atomic E-state index is 10.7. The second-order valence-corrected chi connectivity index (χ2v) is 5.09. The number of hydrogen-bond acceptors (Lipinski definition) is 3. The molecule has 0 amide bonds. The number of rotatable bonds is 2. The molecule has 86 valence electrons. The molecule has 1 saturated heterocycles. The summed E-state index contributed by atoms with van der Waals surface area (Å²) in [5.41, 5.74) is 1.18. The minimum absolute atomic E-state index is 0.121. The van der Waals surface area contributed by atoms with Gasteiger partial charge in [0, 0.05) is 24.8 Å². The van der Waals surface area contributed by atoms with Gasteiger partial charge in [-0.3, -0.25) is 10.1 Å². The van der Waals surface area contributed by atoms with Crippen LogP contribution in [0.15, 0.2) is 22.7 Å². The van der Waals surface area contributed by atoms with Gasteiger partial charge in [-0.05, 0) is 40.4 Å². The maximum atomic E-state index is 10.7. The van der Waals surface area contributed by atoms with E-state index < -0.39 is 0 Å². The van der Waals surface area contributed by atoms with E-state index in [0.717, 1.165) is 18.8 Å². The fourth-order valence-electron chi connectivity index (χ4n) is 2.01. The predicted molar refractivity (Wildman–Crippen MR) is 66.8 cm³/mol. The molecule has 1 fully saturated rings. The lowest BCUT2D eigenvalue weighted by Gasteiger charge is -2.18. The Kier molecular flexibility index (Phi) is 3.14. The van der Waals surface area contributed by atoms with Gasteiger partial charge in [0.25, 0.3) is 5.69 Å². The zero-order valence-corrected chi connectivity index (χ0v) is 10.6. The molecule has 0 radical (unpaired) electrons. The van der Waals surface area contributed by atoms with Gasteiger partial charge in [-0.25, -0.2) is 0 Å². The molecule has 16 heavy (non-hydrogen) atoms. The summed E-state index contributed by atoms with van der Waals surface area (Å²) in [4.78, 5) is 12.6. The van der Waals surface area contributed by atoms with Gasteiger partial charge in [0.1, 0.15) is 0 Å². The summed E-state index contributed by atoms with van der Waals surface area (Å²) >= 11 is 3.24. The van der Waals surface area contributed by atoms with E-state index in [1.807, 2.05) is 12.1 Å². The van der Waals surface area contributed by atoms with Gasteiger partial charge < -0.3 is 4.90 Å². The van der Waals surface area contributed by atoms with Crippen LogP contribution >= 0.6 is 15.9 Å². The van der Waals surface area contributed by atoms with E-state index in [1.165, 1.54) is 6.42 Å². The van der Waals surface area contributed by atoms with Crippen LogP contribution in [0.5, 0.6) is 0 Å². The number of hydrogen-bond donors (Lipinski definition) is 0. The van der Waals surface area contributed by atoms with Gasteiger partial charge in [0.2, 0.25) is 0 Å². The zero-order valence-electron chi connectivity index (χ0n) is 9.02. The molecule has 4 nitrogen and oxygen atoms in total. The number of nitro benzene ring substituents is 1. The predicted octanol–water partition coefficient (Wildman–Crippen LogP) is 3.20. The maximum Gasteiger partial charge on any atom is 0.283 e. The Hall–Kier alpha value is -1.10. The molecule has 0 saturated carbocycles. The lowest BCUT2D eigenvalue weighted by Crippen LogP contribution is -2.18. The molecule has 0 N–H and O–H groups in total. The van der Waals surface area contributed by atoms with Crippen LogP contribution in [-0.2, 0) is 0 Å². The summed E-state index contributed by atoms with van der Waals surface area (Å²) in [7, 11) is 0. The standard InChI is InChI=1S/C11H13BrN2O2/c1-8-4-5-13(7-8)9-2-3-11(14(15)16)10(12)6-9/h2-3,6,8H,4-5,7H2,1H3/t8-/m0/s1. The summed E-state index contributed by atoms with van der Waals surface area (Å²) in [5, 5.41) is 10.7. The third-order valence-corrected chi connectivity index (χ3v) is 3.55. The first kappa shape index (κ1) is 11.4. The van der Waals surface area contributed by atoms with Gasteiger partial charge in [0.05, 0.1) is 9.40 Å². The second kappa shape index (κ2) is 4.41. The molecule has 0 bridgehead atoms. The van der Waals surface area contributed by atoms with Crippen LogP contribution in [0.4, 0.5) is 11.4 Å². The lowest BCUT2D eigenvalue weighted by atomic mass is 10.2. The first-order valence-electron chi connectivity index (χ1n) is 5.27. The van der Waals surface area contributed by atoms with Gasteiger partial charge in [-0.2, -0.15) is 0 Å². The highest BCUT2D eigenvalue weighted by atomic mass is 79.9. The Balaban J connectivity index is 2.24. The van der Waals surface area contributed by atoms with E-state index in [0.29, 0.717) is 10.4 Å². The Labute approximate surface area is 103 Å². The number of halogens is 1. The molecule has 1 aromatic carbocycles. The van der Waals surface area contributed by atoms with Crippen LogP contribution in [0.1, 0.15) is 13.3 Å². The topological polar surface area (TPSA) is 46.4 Å². The first-order valence-corrected chi connectivity index (χ1v) is 6.06. The number of anilines is 1. The summed E-state index contributed by atoms with van der Waals surface area (Å²) in [6.45, 7) is 4.29.